The predicted molar refractivity (Wildman–Crippen MR) is 59.9 cm³/mol. The smallest absolute Gasteiger partial charge is 0.206 e. The van der Waals surface area contributed by atoms with Gasteiger partial charge in [0.25, 0.3) is 0 Å². The Labute approximate surface area is 96.0 Å². The second-order valence-corrected chi connectivity index (χ2v) is 4.32. The Bertz CT molecular complexity index is 370. The van der Waals surface area contributed by atoms with Crippen molar-refractivity contribution in [2.45, 2.75) is 26.3 Å². The molecule has 16 heavy (non-hydrogen) atoms. The minimum absolute atomic E-state index is 0.195. The lowest BCUT2D eigenvalue weighted by Crippen LogP contribution is -2.43. The Kier molecular flexibility index (Phi) is 3.67. The van der Waals surface area contributed by atoms with Gasteiger partial charge in [0.05, 0.1) is 0 Å². The summed E-state index contributed by atoms with van der Waals surface area (Å²) in [7, 11) is 0. The van der Waals surface area contributed by atoms with Crippen LogP contribution in [-0.2, 0) is 16.1 Å². The van der Waals surface area contributed by atoms with Crippen molar-refractivity contribution in [1.29, 1.82) is 0 Å². The van der Waals surface area contributed by atoms with Gasteiger partial charge in [-0.1, -0.05) is 6.07 Å². The number of carbonyl (C=O) groups excluding carboxylic acids is 1. The van der Waals surface area contributed by atoms with Crippen LogP contribution in [0.4, 0.5) is 0 Å². The van der Waals surface area contributed by atoms with Gasteiger partial charge >= 0.3 is 0 Å². The van der Waals surface area contributed by atoms with Crippen LogP contribution in [0.15, 0.2) is 24.4 Å². The number of Topliss-reactive ketones (excluding diaryl/α,β-unsaturated/α-hetero) is 1. The van der Waals surface area contributed by atoms with Gasteiger partial charge in [-0.2, -0.15) is 4.57 Å². The molecule has 3 nitrogen and oxygen atoms in total. The molecule has 0 atom stereocenters. The molecule has 0 saturated carbocycles. The van der Waals surface area contributed by atoms with Crippen LogP contribution < -0.4 is 4.57 Å². The Hall–Kier alpha value is -1.22. The maximum Gasteiger partial charge on any atom is 0.206 e. The minimum atomic E-state index is 0.195. The molecular formula is C13H18NO2+. The highest BCUT2D eigenvalue weighted by atomic mass is 16.5. The van der Waals surface area contributed by atoms with Gasteiger partial charge in [0, 0.05) is 38.2 Å². The molecule has 3 heteroatoms. The third kappa shape index (κ3) is 2.67. The fourth-order valence-corrected chi connectivity index (χ4v) is 2.06. The number of pyridine rings is 1. The van der Waals surface area contributed by atoms with Gasteiger partial charge < -0.3 is 4.74 Å². The van der Waals surface area contributed by atoms with E-state index in [1.54, 1.807) is 0 Å². The summed E-state index contributed by atoms with van der Waals surface area (Å²) in [5, 5.41) is 0. The lowest BCUT2D eigenvalue weighted by atomic mass is 9.95. The Morgan fingerprint density at radius 1 is 1.44 bits per heavy atom. The number of carbonyl (C=O) groups is 1. The maximum absolute atomic E-state index is 12.0. The van der Waals surface area contributed by atoms with Gasteiger partial charge in [0.2, 0.25) is 12.3 Å². The molecule has 0 N–H and O–H groups in total. The van der Waals surface area contributed by atoms with E-state index in [4.69, 9.17) is 4.74 Å². The van der Waals surface area contributed by atoms with Crippen LogP contribution in [0.1, 0.15) is 18.5 Å². The SMILES string of the molecule is Cc1cccc[n+]1CC(=O)C1CCOCC1. The first kappa shape index (κ1) is 11.3. The Morgan fingerprint density at radius 2 is 2.19 bits per heavy atom. The van der Waals surface area contributed by atoms with Crippen LogP contribution in [0.2, 0.25) is 0 Å². The fraction of sp³-hybridized carbons (Fsp3) is 0.538. The first-order chi connectivity index (χ1) is 7.77. The van der Waals surface area contributed by atoms with Gasteiger partial charge in [-0.15, -0.1) is 0 Å². The quantitative estimate of drug-likeness (QED) is 0.718. The monoisotopic (exact) mass is 220 g/mol. The highest BCUT2D eigenvalue weighted by Gasteiger charge is 2.24. The average molecular weight is 220 g/mol. The van der Waals surface area contributed by atoms with E-state index in [0.29, 0.717) is 12.3 Å². The molecule has 1 aromatic rings. The topological polar surface area (TPSA) is 30.2 Å². The van der Waals surface area contributed by atoms with Gasteiger partial charge in [0.15, 0.2) is 11.9 Å². The van der Waals surface area contributed by atoms with Gasteiger partial charge in [-0.3, -0.25) is 4.79 Å². The highest BCUT2D eigenvalue weighted by molar-refractivity contribution is 5.79. The molecule has 1 aliphatic rings. The van der Waals surface area contributed by atoms with E-state index in [0.717, 1.165) is 31.7 Å². The van der Waals surface area contributed by atoms with E-state index < -0.39 is 0 Å². The molecular weight excluding hydrogens is 202 g/mol. The van der Waals surface area contributed by atoms with Crippen molar-refractivity contribution in [3.63, 3.8) is 0 Å². The summed E-state index contributed by atoms with van der Waals surface area (Å²) in [6, 6.07) is 5.98. The molecule has 0 amide bonds. The van der Waals surface area contributed by atoms with Crippen molar-refractivity contribution in [2.24, 2.45) is 5.92 Å². The third-order valence-corrected chi connectivity index (χ3v) is 3.17. The molecule has 0 spiro atoms. The van der Waals surface area contributed by atoms with Crippen molar-refractivity contribution in [2.75, 3.05) is 13.2 Å². The summed E-state index contributed by atoms with van der Waals surface area (Å²) in [5.41, 5.74) is 1.13. The molecule has 0 radical (unpaired) electrons. The number of ether oxygens (including phenoxy) is 1. The first-order valence-electron chi connectivity index (χ1n) is 5.83. The van der Waals surface area contributed by atoms with Gasteiger partial charge in [-0.05, 0) is 12.8 Å². The second-order valence-electron chi connectivity index (χ2n) is 4.32. The van der Waals surface area contributed by atoms with Crippen LogP contribution in [0.25, 0.3) is 0 Å². The Morgan fingerprint density at radius 3 is 2.88 bits per heavy atom. The molecule has 2 rings (SSSR count). The van der Waals surface area contributed by atoms with Gasteiger partial charge in [0.1, 0.15) is 0 Å². The molecule has 0 aliphatic carbocycles. The van der Waals surface area contributed by atoms with Crippen LogP contribution >= 0.6 is 0 Å². The molecule has 0 unspecified atom stereocenters. The summed E-state index contributed by atoms with van der Waals surface area (Å²) < 4.78 is 7.28. The second kappa shape index (κ2) is 5.21. The van der Waals surface area contributed by atoms with Crippen molar-refractivity contribution in [3.8, 4) is 0 Å². The first-order valence-corrected chi connectivity index (χ1v) is 5.83. The van der Waals surface area contributed by atoms with E-state index in [1.807, 2.05) is 35.9 Å². The van der Waals surface area contributed by atoms with Crippen LogP contribution in [0, 0.1) is 12.8 Å². The van der Waals surface area contributed by atoms with E-state index in [9.17, 15) is 4.79 Å². The lowest BCUT2D eigenvalue weighted by molar-refractivity contribution is -0.690. The van der Waals surface area contributed by atoms with E-state index in [-0.39, 0.29) is 5.92 Å². The van der Waals surface area contributed by atoms with Crippen molar-refractivity contribution in [3.05, 3.63) is 30.1 Å². The van der Waals surface area contributed by atoms with E-state index >= 15 is 0 Å². The zero-order valence-corrected chi connectivity index (χ0v) is 9.69. The fourth-order valence-electron chi connectivity index (χ4n) is 2.06. The van der Waals surface area contributed by atoms with Crippen LogP contribution in [-0.4, -0.2) is 19.0 Å². The maximum atomic E-state index is 12.0. The summed E-state index contributed by atoms with van der Waals surface area (Å²) in [5.74, 6) is 0.531. The number of aromatic nitrogens is 1. The zero-order chi connectivity index (χ0) is 11.4. The molecule has 0 aromatic carbocycles. The normalized spacial score (nSPS) is 17.3. The predicted octanol–water partition coefficient (Wildman–Crippen LogP) is 1.28. The highest BCUT2D eigenvalue weighted by Crippen LogP contribution is 2.15. The van der Waals surface area contributed by atoms with E-state index in [2.05, 4.69) is 0 Å². The lowest BCUT2D eigenvalue weighted by Gasteiger charge is -2.19. The van der Waals surface area contributed by atoms with Crippen LogP contribution in [0.3, 0.4) is 0 Å². The third-order valence-electron chi connectivity index (χ3n) is 3.17. The molecule has 1 aromatic heterocycles. The van der Waals surface area contributed by atoms with Crippen molar-refractivity contribution >= 4 is 5.78 Å². The average Bonchev–Trinajstić information content (AvgIpc) is 2.33. The molecule has 1 fully saturated rings. The van der Waals surface area contributed by atoms with E-state index in [1.165, 1.54) is 0 Å². The van der Waals surface area contributed by atoms with Gasteiger partial charge in [-0.25, -0.2) is 0 Å². The molecule has 0 bridgehead atoms. The molecule has 2 heterocycles. The van der Waals surface area contributed by atoms with Crippen molar-refractivity contribution < 1.29 is 14.1 Å². The molecule has 1 saturated heterocycles. The number of hydrogen-bond donors (Lipinski definition) is 0. The minimum Gasteiger partial charge on any atom is -0.381 e. The number of hydrogen-bond acceptors (Lipinski definition) is 2. The Balaban J connectivity index is 1.99. The number of aryl methyl sites for hydroxylation is 1. The number of nitrogens with zero attached hydrogens (tertiary/aromatic N) is 1. The molecule has 86 valence electrons. The summed E-state index contributed by atoms with van der Waals surface area (Å²) in [6.07, 6.45) is 3.73. The number of rotatable bonds is 3. The summed E-state index contributed by atoms with van der Waals surface area (Å²) in [4.78, 5) is 12.0. The standard InChI is InChI=1S/C13H18NO2/c1-11-4-2-3-7-14(11)10-13(15)12-5-8-16-9-6-12/h2-4,7,12H,5-6,8-10H2,1H3/q+1. The number of ketones is 1. The summed E-state index contributed by atoms with van der Waals surface area (Å²) in [6.45, 7) is 3.98. The van der Waals surface area contributed by atoms with Crippen LogP contribution in [0.5, 0.6) is 0 Å². The molecule has 1 aliphatic heterocycles. The largest absolute Gasteiger partial charge is 0.381 e. The zero-order valence-electron chi connectivity index (χ0n) is 9.69. The van der Waals surface area contributed by atoms with Crippen molar-refractivity contribution in [1.82, 2.24) is 0 Å². The summed E-state index contributed by atoms with van der Waals surface area (Å²) >= 11 is 0.